The predicted molar refractivity (Wildman–Crippen MR) is 77.0 cm³/mol. The minimum absolute atomic E-state index is 0. The lowest BCUT2D eigenvalue weighted by Gasteiger charge is -2.43. The van der Waals surface area contributed by atoms with Gasteiger partial charge >= 0.3 is 0 Å². The zero-order chi connectivity index (χ0) is 12.0. The molecule has 2 fully saturated rings. The molecule has 0 radical (unpaired) electrons. The fourth-order valence-electron chi connectivity index (χ4n) is 4.19. The van der Waals surface area contributed by atoms with E-state index in [1.807, 2.05) is 0 Å². The smallest absolute Gasteiger partial charge is 0.0890 e. The second-order valence-electron chi connectivity index (χ2n) is 6.45. The Labute approximate surface area is 114 Å². The fraction of sp³-hybridized carbons (Fsp3) is 1.00. The molecule has 108 valence electrons. The van der Waals surface area contributed by atoms with Gasteiger partial charge in [0.25, 0.3) is 0 Å². The third-order valence-electron chi connectivity index (χ3n) is 5.26. The van der Waals surface area contributed by atoms with Gasteiger partial charge in [-0.3, -0.25) is 0 Å². The highest BCUT2D eigenvalue weighted by molar-refractivity contribution is 4.69. The van der Waals surface area contributed by atoms with Gasteiger partial charge in [-0.1, -0.05) is 32.6 Å². The SMILES string of the molecule is CCCC[N+]1(C2CCCCCCC2)CCCC1.[OH-]. The van der Waals surface area contributed by atoms with Crippen LogP contribution in [0.25, 0.3) is 0 Å². The van der Waals surface area contributed by atoms with Crippen LogP contribution in [0.1, 0.15) is 77.6 Å². The molecule has 0 aromatic heterocycles. The molecule has 1 aliphatic carbocycles. The summed E-state index contributed by atoms with van der Waals surface area (Å²) >= 11 is 0. The summed E-state index contributed by atoms with van der Waals surface area (Å²) in [4.78, 5) is 0. The summed E-state index contributed by atoms with van der Waals surface area (Å²) in [6.07, 6.45) is 16.4. The molecule has 2 rings (SSSR count). The van der Waals surface area contributed by atoms with E-state index in [0.29, 0.717) is 0 Å². The first-order chi connectivity index (χ1) is 8.37. The zero-order valence-corrected chi connectivity index (χ0v) is 12.4. The van der Waals surface area contributed by atoms with Crippen molar-refractivity contribution in [2.75, 3.05) is 19.6 Å². The summed E-state index contributed by atoms with van der Waals surface area (Å²) in [6, 6.07) is 1.03. The summed E-state index contributed by atoms with van der Waals surface area (Å²) in [5.74, 6) is 0. The standard InChI is InChI=1S/C16H32N.H2O/c1-2-3-13-17(14-9-10-15-17)16-11-7-5-4-6-8-12-16;/h16H,2-15H2,1H3;1H2/q+1;/p-1. The molecule has 0 bridgehead atoms. The third-order valence-corrected chi connectivity index (χ3v) is 5.26. The van der Waals surface area contributed by atoms with Crippen molar-refractivity contribution in [1.82, 2.24) is 0 Å². The lowest BCUT2D eigenvalue weighted by atomic mass is 9.93. The highest BCUT2D eigenvalue weighted by Gasteiger charge is 2.38. The summed E-state index contributed by atoms with van der Waals surface area (Å²) in [5, 5.41) is 0. The van der Waals surface area contributed by atoms with Gasteiger partial charge in [-0.25, -0.2) is 0 Å². The normalized spacial score (nSPS) is 25.2. The van der Waals surface area contributed by atoms with E-state index < -0.39 is 0 Å². The summed E-state index contributed by atoms with van der Waals surface area (Å²) in [6.45, 7) is 6.85. The Kier molecular flexibility index (Phi) is 7.25. The van der Waals surface area contributed by atoms with E-state index in [1.54, 1.807) is 0 Å². The maximum absolute atomic E-state index is 2.35. The van der Waals surface area contributed by atoms with Crippen LogP contribution in [0.2, 0.25) is 0 Å². The van der Waals surface area contributed by atoms with E-state index in [-0.39, 0.29) is 5.48 Å². The number of hydrogen-bond donors (Lipinski definition) is 0. The fourth-order valence-corrected chi connectivity index (χ4v) is 4.19. The molecule has 0 atom stereocenters. The Balaban J connectivity index is 0.00000162. The lowest BCUT2D eigenvalue weighted by molar-refractivity contribution is -0.941. The van der Waals surface area contributed by atoms with Gasteiger partial charge in [0.1, 0.15) is 0 Å². The average Bonchev–Trinajstić information content (AvgIpc) is 2.75. The van der Waals surface area contributed by atoms with Gasteiger partial charge in [0, 0.05) is 12.8 Å². The van der Waals surface area contributed by atoms with Crippen molar-refractivity contribution in [2.24, 2.45) is 0 Å². The van der Waals surface area contributed by atoms with Gasteiger partial charge in [-0.15, -0.1) is 0 Å². The van der Waals surface area contributed by atoms with Crippen LogP contribution in [0.4, 0.5) is 0 Å². The van der Waals surface area contributed by atoms with E-state index in [0.717, 1.165) is 6.04 Å². The van der Waals surface area contributed by atoms with Crippen molar-refractivity contribution in [3.05, 3.63) is 0 Å². The molecule has 0 aromatic carbocycles. The van der Waals surface area contributed by atoms with E-state index in [4.69, 9.17) is 0 Å². The van der Waals surface area contributed by atoms with Crippen molar-refractivity contribution in [3.8, 4) is 0 Å². The number of likely N-dealkylation sites (tertiary alicyclic amines) is 1. The van der Waals surface area contributed by atoms with Crippen LogP contribution in [-0.2, 0) is 0 Å². The summed E-state index contributed by atoms with van der Waals surface area (Å²) in [7, 11) is 0. The second-order valence-corrected chi connectivity index (χ2v) is 6.45. The van der Waals surface area contributed by atoms with Gasteiger partial charge in [0.2, 0.25) is 0 Å². The monoisotopic (exact) mass is 255 g/mol. The van der Waals surface area contributed by atoms with Crippen molar-refractivity contribution < 1.29 is 9.96 Å². The largest absolute Gasteiger partial charge is 0.870 e. The molecule has 2 aliphatic rings. The van der Waals surface area contributed by atoms with Crippen LogP contribution in [0.15, 0.2) is 0 Å². The molecule has 0 amide bonds. The number of nitrogens with zero attached hydrogens (tertiary/aromatic N) is 1. The number of quaternary nitrogens is 1. The first-order valence-electron chi connectivity index (χ1n) is 8.23. The molecular weight excluding hydrogens is 222 g/mol. The Morgan fingerprint density at radius 1 is 0.833 bits per heavy atom. The molecule has 0 aromatic rings. The van der Waals surface area contributed by atoms with Crippen molar-refractivity contribution >= 4 is 0 Å². The molecule has 2 heteroatoms. The number of rotatable bonds is 4. The van der Waals surface area contributed by atoms with E-state index in [1.165, 1.54) is 94.7 Å². The van der Waals surface area contributed by atoms with Crippen LogP contribution in [0.3, 0.4) is 0 Å². The maximum Gasteiger partial charge on any atom is 0.0890 e. The van der Waals surface area contributed by atoms with Crippen LogP contribution in [0, 0.1) is 0 Å². The van der Waals surface area contributed by atoms with Crippen molar-refractivity contribution in [1.29, 1.82) is 0 Å². The maximum atomic E-state index is 2.35. The summed E-state index contributed by atoms with van der Waals surface area (Å²) < 4.78 is 1.52. The molecule has 1 saturated heterocycles. The minimum Gasteiger partial charge on any atom is -0.870 e. The van der Waals surface area contributed by atoms with Gasteiger partial charge in [0.15, 0.2) is 0 Å². The summed E-state index contributed by atoms with van der Waals surface area (Å²) in [5.41, 5.74) is 0. The minimum atomic E-state index is 0. The lowest BCUT2D eigenvalue weighted by Crippen LogP contribution is -2.54. The first-order valence-corrected chi connectivity index (χ1v) is 8.23. The van der Waals surface area contributed by atoms with Gasteiger partial charge < -0.3 is 9.96 Å². The molecule has 1 N–H and O–H groups in total. The van der Waals surface area contributed by atoms with Crippen LogP contribution >= 0.6 is 0 Å². The average molecular weight is 255 g/mol. The molecule has 1 saturated carbocycles. The highest BCUT2D eigenvalue weighted by Crippen LogP contribution is 2.32. The molecule has 2 nitrogen and oxygen atoms in total. The van der Waals surface area contributed by atoms with E-state index in [9.17, 15) is 0 Å². The topological polar surface area (TPSA) is 30.0 Å². The molecular formula is C16H33NO. The first kappa shape index (κ1) is 16.0. The van der Waals surface area contributed by atoms with E-state index >= 15 is 0 Å². The second kappa shape index (κ2) is 8.16. The van der Waals surface area contributed by atoms with Crippen LogP contribution in [-0.4, -0.2) is 35.6 Å². The Morgan fingerprint density at radius 2 is 1.39 bits per heavy atom. The third kappa shape index (κ3) is 3.96. The quantitative estimate of drug-likeness (QED) is 0.687. The Morgan fingerprint density at radius 3 is 1.94 bits per heavy atom. The highest BCUT2D eigenvalue weighted by atomic mass is 16.0. The predicted octanol–water partition coefficient (Wildman–Crippen LogP) is 4.33. The molecule has 1 heterocycles. The zero-order valence-electron chi connectivity index (χ0n) is 12.4. The van der Waals surface area contributed by atoms with Gasteiger partial charge in [0.05, 0.1) is 25.7 Å². The molecule has 0 unspecified atom stereocenters. The number of unbranched alkanes of at least 4 members (excludes halogenated alkanes) is 1. The number of hydrogen-bond acceptors (Lipinski definition) is 1. The molecule has 18 heavy (non-hydrogen) atoms. The van der Waals surface area contributed by atoms with Crippen molar-refractivity contribution in [2.45, 2.75) is 83.6 Å². The van der Waals surface area contributed by atoms with Crippen LogP contribution < -0.4 is 0 Å². The molecule has 1 aliphatic heterocycles. The van der Waals surface area contributed by atoms with Gasteiger partial charge in [-0.05, 0) is 32.1 Å². The van der Waals surface area contributed by atoms with Gasteiger partial charge in [-0.2, -0.15) is 0 Å². The van der Waals surface area contributed by atoms with Crippen LogP contribution in [0.5, 0.6) is 0 Å². The van der Waals surface area contributed by atoms with Crippen molar-refractivity contribution in [3.63, 3.8) is 0 Å². The Hall–Kier alpha value is -0.0800. The molecule has 0 spiro atoms. The van der Waals surface area contributed by atoms with E-state index in [2.05, 4.69) is 6.92 Å². The Bertz CT molecular complexity index is 203.